The predicted octanol–water partition coefficient (Wildman–Crippen LogP) is -2.84. The Hall–Kier alpha value is 1.33. The first-order chi connectivity index (χ1) is 4.77. The highest BCUT2D eigenvalue weighted by atomic mass is 35.5. The number of rotatable bonds is 6. The highest BCUT2D eigenvalue weighted by Gasteiger charge is 1.98. The third-order valence-electron chi connectivity index (χ3n) is 0.612. The maximum Gasteiger partial charge on any atom is 0.284 e. The summed E-state index contributed by atoms with van der Waals surface area (Å²) >= 11 is 10.9. The molecule has 9 heteroatoms. The lowest BCUT2D eigenvalue weighted by molar-refractivity contribution is 0.439. The zero-order valence-corrected chi connectivity index (χ0v) is 13.4. The van der Waals surface area contributed by atoms with Gasteiger partial charge in [-0.1, -0.05) is 0 Å². The fourth-order valence-electron chi connectivity index (χ4n) is 0.313. The molecule has 0 aromatic rings. The molecule has 0 bridgehead atoms. The molecule has 0 aromatic heterocycles. The van der Waals surface area contributed by atoms with Gasteiger partial charge in [0.2, 0.25) is 0 Å². The van der Waals surface area contributed by atoms with Crippen LogP contribution in [0.2, 0.25) is 0 Å². The minimum atomic E-state index is -0.791. The summed E-state index contributed by atoms with van der Waals surface area (Å²) in [6, 6.07) is 0. The first-order valence-electron chi connectivity index (χ1n) is 2.70. The van der Waals surface area contributed by atoms with Gasteiger partial charge in [0, 0.05) is 0 Å². The van der Waals surface area contributed by atoms with E-state index in [4.69, 9.17) is 35.5 Å². The number of halogens is 2. The maximum atomic E-state index is 5.45. The summed E-state index contributed by atoms with van der Waals surface area (Å²) in [4.78, 5) is 0. The molecule has 0 aliphatic carbocycles. The van der Waals surface area contributed by atoms with Crippen LogP contribution < -0.4 is 0 Å². The van der Waals surface area contributed by atoms with Crippen molar-refractivity contribution in [3.63, 3.8) is 0 Å². The summed E-state index contributed by atoms with van der Waals surface area (Å²) in [5, 5.41) is 0. The van der Waals surface area contributed by atoms with E-state index in [2.05, 4.69) is 0 Å². The van der Waals surface area contributed by atoms with Crippen LogP contribution in [-0.2, 0) is 12.3 Å². The van der Waals surface area contributed by atoms with E-state index < -0.39 is 29.8 Å². The van der Waals surface area contributed by atoms with Crippen molar-refractivity contribution in [2.45, 2.75) is 4.46 Å². The Bertz CT molecular complexity index is 73.5. The summed E-state index contributed by atoms with van der Waals surface area (Å²) in [7, 11) is -1.45. The molecule has 0 aliphatic heterocycles. The van der Waals surface area contributed by atoms with Gasteiger partial charge in [0.25, 0.3) is 20.0 Å². The molecule has 10 heavy (non-hydrogen) atoms. The first-order valence-corrected chi connectivity index (χ1v) is 8.09. The molecular formula is CH10Cl2O3Si4. The topological polar surface area (TPSA) is 27.7 Å². The van der Waals surface area contributed by atoms with E-state index in [0.717, 1.165) is 10.5 Å². The second-order valence-electron chi connectivity index (χ2n) is 1.49. The molecular weight excluding hydrogens is 243 g/mol. The number of hydrogen-bond acceptors (Lipinski definition) is 3. The first kappa shape index (κ1) is 11.3. The maximum absolute atomic E-state index is 5.45. The Morgan fingerprint density at radius 1 is 1.20 bits per heavy atom. The SMILES string of the molecule is [SiH3]O[SiH2]O[SiH2]O[SiH2]C(Cl)Cl. The molecule has 0 amide bonds. The van der Waals surface area contributed by atoms with Gasteiger partial charge in [-0.05, 0) is 0 Å². The van der Waals surface area contributed by atoms with Crippen molar-refractivity contribution in [3.8, 4) is 0 Å². The average Bonchev–Trinajstić information content (AvgIpc) is 1.87. The molecule has 0 atom stereocenters. The van der Waals surface area contributed by atoms with Gasteiger partial charge in [0.05, 0.1) is 0 Å². The van der Waals surface area contributed by atoms with Crippen molar-refractivity contribution in [2.75, 3.05) is 0 Å². The summed E-state index contributed by atoms with van der Waals surface area (Å²) < 4.78 is 14.9. The van der Waals surface area contributed by atoms with E-state index in [9.17, 15) is 0 Å². The van der Waals surface area contributed by atoms with Gasteiger partial charge >= 0.3 is 0 Å². The molecule has 0 radical (unpaired) electrons. The summed E-state index contributed by atoms with van der Waals surface area (Å²) in [5.74, 6) is 0. The number of hydrogen-bond donors (Lipinski definition) is 0. The Labute approximate surface area is 80.3 Å². The zero-order valence-electron chi connectivity index (χ0n) is 5.68. The molecule has 0 saturated heterocycles. The largest absolute Gasteiger partial charge is 0.449 e. The standard InChI is InChI=1S/CH10Cl2O3Si4/c2-1(3)8-5-10-6-9-4-7/h1H,8-10H2,7H3. The molecule has 0 N–H and O–H groups in total. The second-order valence-corrected chi connectivity index (χ2v) is 11.0. The monoisotopic (exact) mass is 252 g/mol. The third-order valence-corrected chi connectivity index (χ3v) is 5.51. The van der Waals surface area contributed by atoms with Crippen LogP contribution in [0.1, 0.15) is 0 Å². The minimum Gasteiger partial charge on any atom is -0.449 e. The van der Waals surface area contributed by atoms with Crippen molar-refractivity contribution in [1.82, 2.24) is 0 Å². The van der Waals surface area contributed by atoms with Crippen LogP contribution >= 0.6 is 23.2 Å². The Morgan fingerprint density at radius 3 is 2.40 bits per heavy atom. The fourth-order valence-corrected chi connectivity index (χ4v) is 6.99. The average molecular weight is 253 g/mol. The van der Waals surface area contributed by atoms with Gasteiger partial charge in [-0.3, -0.25) is 0 Å². The van der Waals surface area contributed by atoms with Crippen LogP contribution in [0.15, 0.2) is 0 Å². The molecule has 0 unspecified atom stereocenters. The van der Waals surface area contributed by atoms with E-state index in [1.807, 2.05) is 0 Å². The molecule has 0 rings (SSSR count). The minimum absolute atomic E-state index is 0.297. The van der Waals surface area contributed by atoms with Crippen LogP contribution in [0.3, 0.4) is 0 Å². The molecule has 0 saturated carbocycles. The van der Waals surface area contributed by atoms with Gasteiger partial charge < -0.3 is 12.3 Å². The normalized spacial score (nSPS) is 14.7. The summed E-state index contributed by atoms with van der Waals surface area (Å²) in [5.41, 5.74) is 0. The lowest BCUT2D eigenvalue weighted by atomic mass is 11.9. The molecule has 0 aromatic carbocycles. The number of alkyl halides is 2. The third kappa shape index (κ3) is 9.33. The van der Waals surface area contributed by atoms with Crippen molar-refractivity contribution < 1.29 is 12.3 Å². The van der Waals surface area contributed by atoms with Gasteiger partial charge in [-0.2, -0.15) is 0 Å². The van der Waals surface area contributed by atoms with Crippen molar-refractivity contribution in [2.24, 2.45) is 0 Å². The highest BCUT2D eigenvalue weighted by molar-refractivity contribution is 6.67. The van der Waals surface area contributed by atoms with Gasteiger partial charge in [-0.25, -0.2) is 0 Å². The van der Waals surface area contributed by atoms with E-state index in [1.54, 1.807) is 0 Å². The lowest BCUT2D eigenvalue weighted by Gasteiger charge is -2.03. The quantitative estimate of drug-likeness (QED) is 0.290. The van der Waals surface area contributed by atoms with Gasteiger partial charge in [0.15, 0.2) is 9.76 Å². The molecule has 62 valence electrons. The smallest absolute Gasteiger partial charge is 0.284 e. The molecule has 0 heterocycles. The molecule has 3 nitrogen and oxygen atoms in total. The lowest BCUT2D eigenvalue weighted by Crippen LogP contribution is -2.16. The van der Waals surface area contributed by atoms with Crippen molar-refractivity contribution in [1.29, 1.82) is 0 Å². The molecule has 0 aliphatic rings. The van der Waals surface area contributed by atoms with E-state index in [0.29, 0.717) is 0 Å². The van der Waals surface area contributed by atoms with E-state index in [1.165, 1.54) is 0 Å². The van der Waals surface area contributed by atoms with Gasteiger partial charge in [0.1, 0.15) is 14.9 Å². The zero-order chi connectivity index (χ0) is 7.82. The Balaban J connectivity index is 2.77. The highest BCUT2D eigenvalue weighted by Crippen LogP contribution is 1.97. The summed E-state index contributed by atoms with van der Waals surface area (Å²) in [6.45, 7) is 0. The molecule has 0 fully saturated rings. The van der Waals surface area contributed by atoms with E-state index in [-0.39, 0.29) is 4.46 Å². The predicted molar refractivity (Wildman–Crippen MR) is 54.3 cm³/mol. The summed E-state index contributed by atoms with van der Waals surface area (Å²) in [6.07, 6.45) is 0. The Morgan fingerprint density at radius 2 is 1.90 bits per heavy atom. The van der Waals surface area contributed by atoms with Crippen molar-refractivity contribution in [3.05, 3.63) is 0 Å². The van der Waals surface area contributed by atoms with E-state index >= 15 is 0 Å². The molecule has 0 spiro atoms. The van der Waals surface area contributed by atoms with Crippen LogP contribution in [0.25, 0.3) is 0 Å². The second kappa shape index (κ2) is 8.42. The Kier molecular flexibility index (Phi) is 9.54. The van der Waals surface area contributed by atoms with Crippen LogP contribution in [0.5, 0.6) is 0 Å². The fraction of sp³-hybridized carbons (Fsp3) is 1.00. The van der Waals surface area contributed by atoms with Crippen LogP contribution in [0.4, 0.5) is 0 Å². The van der Waals surface area contributed by atoms with Crippen LogP contribution in [0, 0.1) is 0 Å². The van der Waals surface area contributed by atoms with Gasteiger partial charge in [-0.15, -0.1) is 23.2 Å². The van der Waals surface area contributed by atoms with Crippen molar-refractivity contribution >= 4 is 63.5 Å². The van der Waals surface area contributed by atoms with Crippen LogP contribution in [-0.4, -0.2) is 44.7 Å².